The van der Waals surface area contributed by atoms with Gasteiger partial charge in [-0.3, -0.25) is 9.59 Å². The van der Waals surface area contributed by atoms with Gasteiger partial charge in [0.1, 0.15) is 6.10 Å². The van der Waals surface area contributed by atoms with Crippen LogP contribution < -0.4 is 0 Å². The Kier molecular flexibility index (Phi) is 7.54. The summed E-state index contributed by atoms with van der Waals surface area (Å²) in [5.74, 6) is -0.677. The number of hydrogen-bond acceptors (Lipinski definition) is 5. The first-order valence-corrected chi connectivity index (χ1v) is 7.07. The molecule has 6 heteroatoms. The van der Waals surface area contributed by atoms with Gasteiger partial charge in [0.15, 0.2) is 0 Å². The molecule has 6 nitrogen and oxygen atoms in total. The topological polar surface area (TPSA) is 65.1 Å². The summed E-state index contributed by atoms with van der Waals surface area (Å²) in [6.45, 7) is 3.90. The largest absolute Gasteiger partial charge is 0.469 e. The molecular weight excluding hydrogens is 262 g/mol. The molecule has 0 spiro atoms. The molecule has 0 radical (unpaired) electrons. The maximum atomic E-state index is 12.4. The summed E-state index contributed by atoms with van der Waals surface area (Å²) in [4.78, 5) is 25.6. The van der Waals surface area contributed by atoms with Gasteiger partial charge < -0.3 is 19.1 Å². The zero-order valence-corrected chi connectivity index (χ0v) is 12.6. The van der Waals surface area contributed by atoms with Crippen molar-refractivity contribution < 1.29 is 23.8 Å². The maximum Gasteiger partial charge on any atom is 0.310 e. The molecular formula is C14H25NO5. The van der Waals surface area contributed by atoms with Crippen molar-refractivity contribution >= 4 is 11.9 Å². The van der Waals surface area contributed by atoms with E-state index in [-0.39, 0.29) is 23.9 Å². The normalized spacial score (nSPS) is 19.6. The molecule has 0 bridgehead atoms. The van der Waals surface area contributed by atoms with E-state index < -0.39 is 0 Å². The van der Waals surface area contributed by atoms with Crippen LogP contribution in [-0.2, 0) is 23.8 Å². The maximum absolute atomic E-state index is 12.4. The molecule has 1 heterocycles. The highest BCUT2D eigenvalue weighted by atomic mass is 16.5. The van der Waals surface area contributed by atoms with Crippen molar-refractivity contribution in [1.82, 2.24) is 4.90 Å². The van der Waals surface area contributed by atoms with Crippen LogP contribution in [0.1, 0.15) is 26.2 Å². The third-order valence-electron chi connectivity index (χ3n) is 3.39. The van der Waals surface area contributed by atoms with E-state index in [1.807, 2.05) is 0 Å². The van der Waals surface area contributed by atoms with Crippen LogP contribution in [0.25, 0.3) is 0 Å². The van der Waals surface area contributed by atoms with Crippen LogP contribution in [-0.4, -0.2) is 63.4 Å². The molecule has 20 heavy (non-hydrogen) atoms. The number of esters is 1. The number of rotatable bonds is 8. The molecule has 0 aromatic heterocycles. The zero-order chi connectivity index (χ0) is 15.0. The molecule has 1 aliphatic rings. The molecule has 0 saturated carbocycles. The van der Waals surface area contributed by atoms with E-state index in [1.165, 1.54) is 7.11 Å². The van der Waals surface area contributed by atoms with Gasteiger partial charge in [-0.2, -0.15) is 0 Å². The fraction of sp³-hybridized carbons (Fsp3) is 0.857. The number of carbonyl (C=O) groups excluding carboxylic acids is 2. The molecule has 2 atom stereocenters. The molecule has 1 rings (SSSR count). The number of methoxy groups -OCH3 is 2. The van der Waals surface area contributed by atoms with Crippen molar-refractivity contribution in [2.45, 2.75) is 32.3 Å². The van der Waals surface area contributed by atoms with E-state index in [2.05, 4.69) is 0 Å². The summed E-state index contributed by atoms with van der Waals surface area (Å²) in [5.41, 5.74) is 0. The average molecular weight is 287 g/mol. The van der Waals surface area contributed by atoms with Gasteiger partial charge in [0.2, 0.25) is 0 Å². The molecule has 1 saturated heterocycles. The van der Waals surface area contributed by atoms with E-state index in [1.54, 1.807) is 18.9 Å². The van der Waals surface area contributed by atoms with E-state index in [0.717, 1.165) is 19.3 Å². The summed E-state index contributed by atoms with van der Waals surface area (Å²) in [6.07, 6.45) is 2.05. The molecule has 1 amide bonds. The van der Waals surface area contributed by atoms with E-state index in [0.29, 0.717) is 26.3 Å². The van der Waals surface area contributed by atoms with Gasteiger partial charge in [-0.15, -0.1) is 0 Å². The van der Waals surface area contributed by atoms with Crippen LogP contribution in [0.4, 0.5) is 0 Å². The molecule has 0 N–H and O–H groups in total. The predicted molar refractivity (Wildman–Crippen MR) is 73.2 cm³/mol. The van der Waals surface area contributed by atoms with Crippen LogP contribution in [0, 0.1) is 5.92 Å². The van der Waals surface area contributed by atoms with E-state index in [4.69, 9.17) is 14.2 Å². The van der Waals surface area contributed by atoms with Gasteiger partial charge in [-0.05, 0) is 19.3 Å². The van der Waals surface area contributed by atoms with Crippen molar-refractivity contribution in [3.63, 3.8) is 0 Å². The van der Waals surface area contributed by atoms with Gasteiger partial charge in [0.05, 0.1) is 13.0 Å². The van der Waals surface area contributed by atoms with Crippen LogP contribution in [0.15, 0.2) is 0 Å². The molecule has 0 aromatic carbocycles. The van der Waals surface area contributed by atoms with Gasteiger partial charge in [-0.1, -0.05) is 6.92 Å². The SMILES string of the molecule is COCCCN(CC(C)C(=O)OC)C(=O)C1CCCO1. The quantitative estimate of drug-likeness (QED) is 0.489. The molecule has 2 unspecified atom stereocenters. The lowest BCUT2D eigenvalue weighted by Crippen LogP contribution is -2.43. The smallest absolute Gasteiger partial charge is 0.310 e. The highest BCUT2D eigenvalue weighted by Crippen LogP contribution is 2.16. The Morgan fingerprint density at radius 2 is 2.15 bits per heavy atom. The molecule has 1 aliphatic heterocycles. The Bertz CT molecular complexity index is 315. The molecule has 1 fully saturated rings. The lowest BCUT2D eigenvalue weighted by molar-refractivity contribution is -0.148. The van der Waals surface area contributed by atoms with E-state index >= 15 is 0 Å². The third kappa shape index (κ3) is 5.09. The summed E-state index contributed by atoms with van der Waals surface area (Å²) < 4.78 is 15.2. The fourth-order valence-corrected chi connectivity index (χ4v) is 2.27. The number of nitrogens with zero attached hydrogens (tertiary/aromatic N) is 1. The Hall–Kier alpha value is -1.14. The average Bonchev–Trinajstić information content (AvgIpc) is 2.98. The van der Waals surface area contributed by atoms with Crippen LogP contribution in [0.5, 0.6) is 0 Å². The highest BCUT2D eigenvalue weighted by molar-refractivity contribution is 5.82. The number of ether oxygens (including phenoxy) is 3. The van der Waals surface area contributed by atoms with Crippen molar-refractivity contribution in [2.75, 3.05) is 40.5 Å². The van der Waals surface area contributed by atoms with Crippen molar-refractivity contribution in [1.29, 1.82) is 0 Å². The lowest BCUT2D eigenvalue weighted by Gasteiger charge is -2.27. The van der Waals surface area contributed by atoms with Gasteiger partial charge in [0, 0.05) is 33.4 Å². The summed E-state index contributed by atoms with van der Waals surface area (Å²) in [7, 11) is 2.99. The Morgan fingerprint density at radius 1 is 1.40 bits per heavy atom. The monoisotopic (exact) mass is 287 g/mol. The molecule has 116 valence electrons. The van der Waals surface area contributed by atoms with Gasteiger partial charge in [-0.25, -0.2) is 0 Å². The van der Waals surface area contributed by atoms with Crippen LogP contribution >= 0.6 is 0 Å². The van der Waals surface area contributed by atoms with Gasteiger partial charge in [0.25, 0.3) is 5.91 Å². The lowest BCUT2D eigenvalue weighted by atomic mass is 10.1. The standard InChI is InChI=1S/C14H25NO5/c1-11(14(17)19-3)10-15(7-5-8-18-2)13(16)12-6-4-9-20-12/h11-12H,4-10H2,1-3H3. The first kappa shape index (κ1) is 16.9. The van der Waals surface area contributed by atoms with Crippen LogP contribution in [0.2, 0.25) is 0 Å². The summed E-state index contributed by atoms with van der Waals surface area (Å²) >= 11 is 0. The highest BCUT2D eigenvalue weighted by Gasteiger charge is 2.30. The van der Waals surface area contributed by atoms with E-state index in [9.17, 15) is 9.59 Å². The first-order valence-electron chi connectivity index (χ1n) is 7.07. The summed E-state index contributed by atoms with van der Waals surface area (Å²) in [6, 6.07) is 0. The molecule has 0 aliphatic carbocycles. The fourth-order valence-electron chi connectivity index (χ4n) is 2.27. The number of carbonyl (C=O) groups is 2. The van der Waals surface area contributed by atoms with Crippen molar-refractivity contribution in [3.8, 4) is 0 Å². The Morgan fingerprint density at radius 3 is 2.70 bits per heavy atom. The van der Waals surface area contributed by atoms with Crippen LogP contribution in [0.3, 0.4) is 0 Å². The Labute approximate surface area is 120 Å². The number of amides is 1. The predicted octanol–water partition coefficient (Wildman–Crippen LogP) is 0.840. The minimum atomic E-state index is -0.359. The second-order valence-corrected chi connectivity index (χ2v) is 5.06. The third-order valence-corrected chi connectivity index (χ3v) is 3.39. The van der Waals surface area contributed by atoms with Crippen molar-refractivity contribution in [3.05, 3.63) is 0 Å². The molecule has 0 aromatic rings. The summed E-state index contributed by atoms with van der Waals surface area (Å²) in [5, 5.41) is 0. The van der Waals surface area contributed by atoms with Crippen molar-refractivity contribution in [2.24, 2.45) is 5.92 Å². The second-order valence-electron chi connectivity index (χ2n) is 5.06. The van der Waals surface area contributed by atoms with Gasteiger partial charge >= 0.3 is 5.97 Å². The first-order chi connectivity index (χ1) is 9.60. The minimum absolute atomic E-state index is 0.0330. The Balaban J connectivity index is 2.58. The zero-order valence-electron chi connectivity index (χ0n) is 12.6. The second kappa shape index (κ2) is 8.92. The minimum Gasteiger partial charge on any atom is -0.469 e. The number of hydrogen-bond donors (Lipinski definition) is 0.